The van der Waals surface area contributed by atoms with Crippen LogP contribution in [-0.4, -0.2) is 11.0 Å². The molecule has 0 spiro atoms. The van der Waals surface area contributed by atoms with E-state index in [2.05, 4.69) is 29.6 Å². The molecule has 24 heavy (non-hydrogen) atoms. The molecule has 1 amide bonds. The van der Waals surface area contributed by atoms with Gasteiger partial charge in [0.2, 0.25) is 5.91 Å². The largest absolute Gasteiger partial charge is 0.508 e. The summed E-state index contributed by atoms with van der Waals surface area (Å²) in [6.07, 6.45) is 3.04. The number of hydrogen-bond donors (Lipinski definition) is 2. The molecule has 3 aromatic carbocycles. The predicted octanol–water partition coefficient (Wildman–Crippen LogP) is 4.22. The van der Waals surface area contributed by atoms with Crippen LogP contribution in [0.3, 0.4) is 0 Å². The van der Waals surface area contributed by atoms with E-state index in [4.69, 9.17) is 0 Å². The fourth-order valence-electron chi connectivity index (χ4n) is 3.54. The molecule has 4 rings (SSSR count). The van der Waals surface area contributed by atoms with Gasteiger partial charge >= 0.3 is 0 Å². The van der Waals surface area contributed by atoms with Gasteiger partial charge in [-0.15, -0.1) is 0 Å². The van der Waals surface area contributed by atoms with Crippen LogP contribution < -0.4 is 5.32 Å². The number of anilines is 1. The van der Waals surface area contributed by atoms with Crippen LogP contribution in [0.2, 0.25) is 0 Å². The predicted molar refractivity (Wildman–Crippen MR) is 96.4 cm³/mol. The van der Waals surface area contributed by atoms with Gasteiger partial charge in [-0.05, 0) is 53.5 Å². The van der Waals surface area contributed by atoms with Crippen molar-refractivity contribution in [3.63, 3.8) is 0 Å². The van der Waals surface area contributed by atoms with Crippen molar-refractivity contribution in [2.75, 3.05) is 5.32 Å². The number of rotatable bonds is 4. The van der Waals surface area contributed by atoms with Gasteiger partial charge in [0.1, 0.15) is 5.75 Å². The van der Waals surface area contributed by atoms with Crippen LogP contribution in [0.1, 0.15) is 23.1 Å². The Morgan fingerprint density at radius 3 is 2.58 bits per heavy atom. The van der Waals surface area contributed by atoms with E-state index in [9.17, 15) is 9.90 Å². The number of benzene rings is 3. The Kier molecular flexibility index (Phi) is 3.69. The second kappa shape index (κ2) is 6.00. The highest BCUT2D eigenvalue weighted by Crippen LogP contribution is 2.35. The van der Waals surface area contributed by atoms with Crippen LogP contribution >= 0.6 is 0 Å². The Hall–Kier alpha value is -2.81. The van der Waals surface area contributed by atoms with E-state index in [1.807, 2.05) is 18.2 Å². The zero-order valence-corrected chi connectivity index (χ0v) is 13.4. The maximum absolute atomic E-state index is 12.3. The number of hydrogen-bond acceptors (Lipinski definition) is 2. The van der Waals surface area contributed by atoms with E-state index >= 15 is 0 Å². The Labute approximate surface area is 140 Å². The number of para-hydroxylation sites is 1. The standard InChI is InChI=1S/C21H19NO2/c23-19-7-2-1-4-14(19)11-13-20(24)22-18-12-10-16-9-8-15-5-3-6-17(18)21(15)16/h1-7,10,12,23H,8-9,11,13H2,(H,22,24). The third kappa shape index (κ3) is 2.62. The average Bonchev–Trinajstić information content (AvgIpc) is 3.02. The van der Waals surface area contributed by atoms with Crippen molar-refractivity contribution in [3.8, 4) is 5.75 Å². The van der Waals surface area contributed by atoms with Crippen molar-refractivity contribution in [2.24, 2.45) is 0 Å². The van der Waals surface area contributed by atoms with Gasteiger partial charge in [-0.3, -0.25) is 4.79 Å². The summed E-state index contributed by atoms with van der Waals surface area (Å²) in [6.45, 7) is 0. The van der Waals surface area contributed by atoms with Crippen molar-refractivity contribution in [2.45, 2.75) is 25.7 Å². The molecule has 3 heteroatoms. The normalized spacial score (nSPS) is 12.5. The van der Waals surface area contributed by atoms with E-state index in [0.29, 0.717) is 12.8 Å². The molecule has 3 nitrogen and oxygen atoms in total. The molecule has 0 aromatic heterocycles. The Morgan fingerprint density at radius 1 is 0.958 bits per heavy atom. The molecule has 0 saturated carbocycles. The van der Waals surface area contributed by atoms with Gasteiger partial charge in [-0.25, -0.2) is 0 Å². The van der Waals surface area contributed by atoms with Gasteiger partial charge in [0.25, 0.3) is 0 Å². The first kappa shape index (κ1) is 14.8. The summed E-state index contributed by atoms with van der Waals surface area (Å²) in [5.41, 5.74) is 4.41. The molecular weight excluding hydrogens is 298 g/mol. The summed E-state index contributed by atoms with van der Waals surface area (Å²) in [6, 6.07) is 17.6. The zero-order chi connectivity index (χ0) is 16.5. The van der Waals surface area contributed by atoms with Crippen LogP contribution in [-0.2, 0) is 24.1 Å². The van der Waals surface area contributed by atoms with Gasteiger partial charge in [-0.1, -0.05) is 42.5 Å². The number of phenols is 1. The molecule has 1 aliphatic carbocycles. The smallest absolute Gasteiger partial charge is 0.224 e. The molecule has 3 aromatic rings. The number of amides is 1. The maximum atomic E-state index is 12.3. The lowest BCUT2D eigenvalue weighted by Crippen LogP contribution is -2.12. The van der Waals surface area contributed by atoms with Crippen molar-refractivity contribution in [3.05, 3.63) is 71.3 Å². The van der Waals surface area contributed by atoms with E-state index in [0.717, 1.165) is 29.5 Å². The van der Waals surface area contributed by atoms with Crippen LogP contribution in [0.4, 0.5) is 5.69 Å². The van der Waals surface area contributed by atoms with Gasteiger partial charge in [0.05, 0.1) is 0 Å². The number of carbonyl (C=O) groups is 1. The molecule has 0 atom stereocenters. The topological polar surface area (TPSA) is 49.3 Å². The summed E-state index contributed by atoms with van der Waals surface area (Å²) in [5.74, 6) is 0.215. The molecule has 0 aliphatic heterocycles. The highest BCUT2D eigenvalue weighted by atomic mass is 16.3. The van der Waals surface area contributed by atoms with E-state index in [1.165, 1.54) is 16.5 Å². The van der Waals surface area contributed by atoms with Crippen molar-refractivity contribution in [1.29, 1.82) is 0 Å². The summed E-state index contributed by atoms with van der Waals surface area (Å²) >= 11 is 0. The highest BCUT2D eigenvalue weighted by Gasteiger charge is 2.16. The molecule has 120 valence electrons. The minimum absolute atomic E-state index is 0.0306. The number of carbonyl (C=O) groups excluding carboxylic acids is 1. The second-order valence-electron chi connectivity index (χ2n) is 6.29. The summed E-state index contributed by atoms with van der Waals surface area (Å²) in [7, 11) is 0. The van der Waals surface area contributed by atoms with Gasteiger partial charge in [-0.2, -0.15) is 0 Å². The van der Waals surface area contributed by atoms with E-state index in [-0.39, 0.29) is 11.7 Å². The van der Waals surface area contributed by atoms with Crippen molar-refractivity contribution >= 4 is 22.4 Å². The quantitative estimate of drug-likeness (QED) is 0.757. The van der Waals surface area contributed by atoms with Crippen LogP contribution in [0.25, 0.3) is 10.8 Å². The van der Waals surface area contributed by atoms with E-state index in [1.54, 1.807) is 12.1 Å². The number of aromatic hydroxyl groups is 1. The van der Waals surface area contributed by atoms with Gasteiger partial charge in [0.15, 0.2) is 0 Å². The zero-order valence-electron chi connectivity index (χ0n) is 13.4. The molecule has 2 N–H and O–H groups in total. The Bertz CT molecular complexity index is 920. The molecular formula is C21H19NO2. The molecule has 0 fully saturated rings. The van der Waals surface area contributed by atoms with Crippen molar-refractivity contribution in [1.82, 2.24) is 0 Å². The second-order valence-corrected chi connectivity index (χ2v) is 6.29. The summed E-state index contributed by atoms with van der Waals surface area (Å²) in [5, 5.41) is 15.3. The lowest BCUT2D eigenvalue weighted by atomic mass is 10.0. The summed E-state index contributed by atoms with van der Waals surface area (Å²) < 4.78 is 0. The monoisotopic (exact) mass is 317 g/mol. The van der Waals surface area contributed by atoms with Crippen LogP contribution in [0.15, 0.2) is 54.6 Å². The SMILES string of the molecule is O=C(CCc1ccccc1O)Nc1ccc2c3c(cccc13)CC2. The highest BCUT2D eigenvalue weighted by molar-refractivity contribution is 6.05. The molecule has 0 bridgehead atoms. The van der Waals surface area contributed by atoms with Crippen molar-refractivity contribution < 1.29 is 9.90 Å². The Morgan fingerprint density at radius 2 is 1.75 bits per heavy atom. The van der Waals surface area contributed by atoms with E-state index < -0.39 is 0 Å². The maximum Gasteiger partial charge on any atom is 0.224 e. The first-order valence-electron chi connectivity index (χ1n) is 8.32. The van der Waals surface area contributed by atoms with Gasteiger partial charge in [0, 0.05) is 17.5 Å². The molecule has 0 saturated heterocycles. The first-order chi connectivity index (χ1) is 11.7. The number of nitrogens with one attached hydrogen (secondary N) is 1. The fourth-order valence-corrected chi connectivity index (χ4v) is 3.54. The third-order valence-corrected chi connectivity index (χ3v) is 4.76. The Balaban J connectivity index is 1.53. The summed E-state index contributed by atoms with van der Waals surface area (Å²) in [4.78, 5) is 12.3. The first-order valence-corrected chi connectivity index (χ1v) is 8.32. The number of phenolic OH excluding ortho intramolecular Hbond substituents is 1. The molecule has 0 unspecified atom stereocenters. The van der Waals surface area contributed by atoms with Crippen LogP contribution in [0, 0.1) is 0 Å². The lowest BCUT2D eigenvalue weighted by molar-refractivity contribution is -0.116. The molecule has 1 aliphatic rings. The fraction of sp³-hybridized carbons (Fsp3) is 0.190. The molecule has 0 radical (unpaired) electrons. The average molecular weight is 317 g/mol. The lowest BCUT2D eigenvalue weighted by Gasteiger charge is -2.11. The minimum atomic E-state index is -0.0306. The minimum Gasteiger partial charge on any atom is -0.508 e. The van der Waals surface area contributed by atoms with Crippen LogP contribution in [0.5, 0.6) is 5.75 Å². The third-order valence-electron chi connectivity index (χ3n) is 4.76. The molecule has 0 heterocycles. The number of aryl methyl sites for hydroxylation is 3. The van der Waals surface area contributed by atoms with Gasteiger partial charge < -0.3 is 10.4 Å².